The molecule has 0 spiro atoms. The molecule has 0 radical (unpaired) electrons. The average molecular weight is 836 g/mol. The van der Waals surface area contributed by atoms with Crippen LogP contribution >= 0.6 is 0 Å². The van der Waals surface area contributed by atoms with Crippen LogP contribution in [0.4, 0.5) is 0 Å². The number of unbranched alkanes of at least 4 members (excludes halogenated alkanes) is 17. The molecule has 7 heteroatoms. The summed E-state index contributed by atoms with van der Waals surface area (Å²) in [5.41, 5.74) is 0. The summed E-state index contributed by atoms with van der Waals surface area (Å²) in [5.74, 6) is 1.14. The number of allylic oxidation sites excluding steroid dienone is 8. The lowest BCUT2D eigenvalue weighted by Gasteiger charge is -2.37. The van der Waals surface area contributed by atoms with E-state index in [1.807, 2.05) is 0 Å². The summed E-state index contributed by atoms with van der Waals surface area (Å²) < 4.78 is 5.80. The molecule has 0 aromatic carbocycles. The Bertz CT molecular complexity index is 1200. The van der Waals surface area contributed by atoms with Crippen molar-refractivity contribution in [3.05, 3.63) is 48.6 Å². The van der Waals surface area contributed by atoms with Crippen molar-refractivity contribution in [3.8, 4) is 0 Å². The maximum Gasteiger partial charge on any atom is 0.328 e. The number of esters is 1. The van der Waals surface area contributed by atoms with Gasteiger partial charge in [0.15, 0.2) is 0 Å². The highest BCUT2D eigenvalue weighted by Gasteiger charge is 2.41. The zero-order chi connectivity index (χ0) is 43.3. The number of carbonyl (C=O) groups is 3. The number of carbonyl (C=O) groups excluding carboxylic acids is 3. The van der Waals surface area contributed by atoms with Crippen LogP contribution in [0.2, 0.25) is 0 Å². The number of piperidine rings is 1. The van der Waals surface area contributed by atoms with E-state index in [1.165, 1.54) is 103 Å². The average Bonchev–Trinajstić information content (AvgIpc) is 3.68. The molecule has 2 heterocycles. The monoisotopic (exact) mass is 836 g/mol. The molecule has 4 unspecified atom stereocenters. The second-order valence-corrected chi connectivity index (χ2v) is 18.1. The third-order valence-corrected chi connectivity index (χ3v) is 12.7. The van der Waals surface area contributed by atoms with Crippen LogP contribution in [0.1, 0.15) is 214 Å². The Morgan fingerprint density at radius 3 is 1.55 bits per heavy atom. The van der Waals surface area contributed by atoms with Gasteiger partial charge in [-0.05, 0) is 95.3 Å². The molecule has 0 bridgehead atoms. The molecule has 2 rings (SSSR count). The normalized spacial score (nSPS) is 20.1. The number of amides is 2. The molecule has 2 aliphatic rings. The van der Waals surface area contributed by atoms with Gasteiger partial charge in [0.2, 0.25) is 11.8 Å². The summed E-state index contributed by atoms with van der Waals surface area (Å²) in [6.45, 7) is 12.7. The molecule has 2 fully saturated rings. The largest absolute Gasteiger partial charge is 0.464 e. The first-order valence-electron chi connectivity index (χ1n) is 25.5. The highest BCUT2D eigenvalue weighted by Crippen LogP contribution is 2.27. The lowest BCUT2D eigenvalue weighted by Crippen LogP contribution is -2.43. The Hall–Kier alpha value is -2.67. The van der Waals surface area contributed by atoms with Crippen molar-refractivity contribution < 1.29 is 19.1 Å². The second kappa shape index (κ2) is 36.9. The lowest BCUT2D eigenvalue weighted by molar-refractivity contribution is -0.153. The van der Waals surface area contributed by atoms with Gasteiger partial charge in [0.1, 0.15) is 6.04 Å². The molecular weight excluding hydrogens is 743 g/mol. The van der Waals surface area contributed by atoms with Crippen molar-refractivity contribution in [2.45, 2.75) is 226 Å². The van der Waals surface area contributed by atoms with Crippen molar-refractivity contribution in [1.82, 2.24) is 15.1 Å². The van der Waals surface area contributed by atoms with Gasteiger partial charge in [-0.3, -0.25) is 9.59 Å². The summed E-state index contributed by atoms with van der Waals surface area (Å²) >= 11 is 0. The van der Waals surface area contributed by atoms with Crippen molar-refractivity contribution in [2.75, 3.05) is 32.8 Å². The molecule has 1 N–H and O–H groups in total. The third-order valence-electron chi connectivity index (χ3n) is 12.7. The first kappa shape index (κ1) is 53.5. The van der Waals surface area contributed by atoms with Gasteiger partial charge in [-0.25, -0.2) is 4.79 Å². The van der Waals surface area contributed by atoms with Crippen molar-refractivity contribution in [3.63, 3.8) is 0 Å². The van der Waals surface area contributed by atoms with Crippen molar-refractivity contribution in [2.24, 2.45) is 11.8 Å². The maximum atomic E-state index is 13.6. The van der Waals surface area contributed by atoms with E-state index >= 15 is 0 Å². The molecule has 0 saturated carbocycles. The van der Waals surface area contributed by atoms with Crippen LogP contribution in [-0.4, -0.2) is 72.5 Å². The quantitative estimate of drug-likeness (QED) is 0.0386. The summed E-state index contributed by atoms with van der Waals surface area (Å²) in [6, 6.07) is -0.846. The van der Waals surface area contributed by atoms with Crippen LogP contribution in [0.5, 0.6) is 0 Å². The summed E-state index contributed by atoms with van der Waals surface area (Å²) in [5, 5.41) is 3.20. The molecule has 7 nitrogen and oxygen atoms in total. The van der Waals surface area contributed by atoms with E-state index in [0.717, 1.165) is 83.8 Å². The Balaban J connectivity index is 1.73. The van der Waals surface area contributed by atoms with Crippen LogP contribution in [0, 0.1) is 11.8 Å². The number of ether oxygens (including phenoxy) is 1. The summed E-state index contributed by atoms with van der Waals surface area (Å²) in [7, 11) is 0. The number of likely N-dealkylation sites (tertiary alicyclic amines) is 2. The maximum absolute atomic E-state index is 13.6. The molecule has 0 aromatic heterocycles. The first-order chi connectivity index (χ1) is 29.4. The van der Waals surface area contributed by atoms with E-state index in [9.17, 15) is 14.4 Å². The fourth-order valence-electron chi connectivity index (χ4n) is 8.79. The molecule has 2 amide bonds. The van der Waals surface area contributed by atoms with E-state index < -0.39 is 6.04 Å². The smallest absolute Gasteiger partial charge is 0.328 e. The predicted molar refractivity (Wildman–Crippen MR) is 255 cm³/mol. The molecule has 0 aliphatic carbocycles. The van der Waals surface area contributed by atoms with E-state index in [4.69, 9.17) is 4.74 Å². The van der Waals surface area contributed by atoms with Crippen LogP contribution < -0.4 is 5.32 Å². The summed E-state index contributed by atoms with van der Waals surface area (Å²) in [6.07, 6.45) is 49.9. The highest BCUT2D eigenvalue weighted by molar-refractivity contribution is 5.86. The molecule has 2 aliphatic heterocycles. The van der Waals surface area contributed by atoms with E-state index in [1.54, 1.807) is 4.90 Å². The molecule has 60 heavy (non-hydrogen) atoms. The zero-order valence-corrected chi connectivity index (χ0v) is 39.5. The minimum Gasteiger partial charge on any atom is -0.464 e. The van der Waals surface area contributed by atoms with Gasteiger partial charge in [0.25, 0.3) is 0 Å². The van der Waals surface area contributed by atoms with Gasteiger partial charge in [0.05, 0.1) is 6.61 Å². The van der Waals surface area contributed by atoms with Crippen molar-refractivity contribution in [1.29, 1.82) is 0 Å². The number of rotatable bonds is 36. The highest BCUT2D eigenvalue weighted by atomic mass is 16.5. The van der Waals surface area contributed by atoms with Gasteiger partial charge < -0.3 is 19.9 Å². The number of nitrogens with one attached hydrogen (secondary N) is 1. The molecule has 4 atom stereocenters. The fourth-order valence-corrected chi connectivity index (χ4v) is 8.79. The number of hydrogen-bond acceptors (Lipinski definition) is 5. The van der Waals surface area contributed by atoms with E-state index in [-0.39, 0.29) is 23.8 Å². The second-order valence-electron chi connectivity index (χ2n) is 18.1. The van der Waals surface area contributed by atoms with Gasteiger partial charge in [-0.15, -0.1) is 0 Å². The van der Waals surface area contributed by atoms with Gasteiger partial charge in [-0.1, -0.05) is 160 Å². The minimum absolute atomic E-state index is 0.0117. The lowest BCUT2D eigenvalue weighted by atomic mass is 9.86. The fraction of sp³-hybridized carbons (Fsp3) is 0.792. The van der Waals surface area contributed by atoms with Crippen LogP contribution in [0.15, 0.2) is 48.6 Å². The van der Waals surface area contributed by atoms with Gasteiger partial charge in [-0.2, -0.15) is 0 Å². The Morgan fingerprint density at radius 2 is 1.03 bits per heavy atom. The van der Waals surface area contributed by atoms with Crippen LogP contribution in [0.25, 0.3) is 0 Å². The molecule has 2 saturated heterocycles. The number of nitrogens with zero attached hydrogens (tertiary/aromatic N) is 2. The Morgan fingerprint density at radius 1 is 0.550 bits per heavy atom. The molecule has 344 valence electrons. The standard InChI is InChI=1S/C53H93N3O4/c1-5-9-11-13-15-17-19-21-23-25-27-29-31-33-35-37-41-60-53(59)50-43-49(54-51(57)39-40-55-44-47(7-3)42-48(8-4)45-55)46-56(50)52(58)38-36-34-32-30-28-26-24-22-20-18-16-14-12-10-6-2/h15-18,21-24,47-50H,5-14,19-20,25-46H2,1-4H3,(H,54,57)/b17-15-,18-16-,23-21-,24-22-. The SMILES string of the molecule is CCCCC/C=C\C/C=C\CCCCCCCCOC(=O)C1CC(NC(=O)CCN2CC(CC)CC(CC)C2)CN1C(=O)CCCCCCC/C=C\C/C=C\CCCCC. The molecule has 0 aromatic rings. The number of hydrogen-bond donors (Lipinski definition) is 1. The van der Waals surface area contributed by atoms with Crippen LogP contribution in [-0.2, 0) is 19.1 Å². The third kappa shape index (κ3) is 26.6. The summed E-state index contributed by atoms with van der Waals surface area (Å²) in [4.78, 5) is 44.4. The van der Waals surface area contributed by atoms with Crippen molar-refractivity contribution >= 4 is 17.8 Å². The predicted octanol–water partition coefficient (Wildman–Crippen LogP) is 13.4. The van der Waals surface area contributed by atoms with E-state index in [0.29, 0.717) is 44.2 Å². The Labute approximate surface area is 370 Å². The Kier molecular flexibility index (Phi) is 32.9. The van der Waals surface area contributed by atoms with Crippen LogP contribution in [0.3, 0.4) is 0 Å². The van der Waals surface area contributed by atoms with Gasteiger partial charge in [0, 0.05) is 51.5 Å². The molecular formula is C53H93N3O4. The first-order valence-corrected chi connectivity index (χ1v) is 25.5. The zero-order valence-electron chi connectivity index (χ0n) is 39.5. The minimum atomic E-state index is -0.622. The van der Waals surface area contributed by atoms with E-state index in [2.05, 4.69) is 86.5 Å². The topological polar surface area (TPSA) is 79.0 Å². The van der Waals surface area contributed by atoms with Gasteiger partial charge >= 0.3 is 5.97 Å².